The zero-order valence-electron chi connectivity index (χ0n) is 9.83. The first-order valence-corrected chi connectivity index (χ1v) is 5.50. The van der Waals surface area contributed by atoms with E-state index in [1.165, 1.54) is 18.2 Å². The number of hydrogen-bond donors (Lipinski definition) is 1. The number of nitrogens with two attached hydrogens (primary N) is 1. The average molecular weight is 261 g/mol. The van der Waals surface area contributed by atoms with Gasteiger partial charge in [0.15, 0.2) is 0 Å². The summed E-state index contributed by atoms with van der Waals surface area (Å²) in [5, 5.41) is 0. The lowest BCUT2D eigenvalue weighted by atomic mass is 10.1. The molecule has 0 aliphatic rings. The zero-order chi connectivity index (χ0) is 13.9. The Morgan fingerprint density at radius 1 is 0.895 bits per heavy atom. The molecule has 0 unspecified atom stereocenters. The highest BCUT2D eigenvalue weighted by atomic mass is 19.4. The first-order valence-electron chi connectivity index (χ1n) is 5.50. The van der Waals surface area contributed by atoms with Crippen LogP contribution in [0.2, 0.25) is 0 Å². The maximum Gasteiger partial charge on any atom is 0.417 e. The van der Waals surface area contributed by atoms with Gasteiger partial charge in [0.1, 0.15) is 0 Å². The molecule has 0 aromatic heterocycles. The Balaban J connectivity index is 2.41. The zero-order valence-corrected chi connectivity index (χ0v) is 9.83. The fourth-order valence-electron chi connectivity index (χ4n) is 1.60. The number of nitrogen functional groups attached to an aromatic ring is 1. The number of anilines is 1. The molecule has 0 aliphatic heterocycles. The normalized spacial score (nSPS) is 10.7. The quantitative estimate of drug-likeness (QED) is 0.568. The van der Waals surface area contributed by atoms with Gasteiger partial charge in [-0.1, -0.05) is 30.0 Å². The van der Waals surface area contributed by atoms with Crippen molar-refractivity contribution in [1.29, 1.82) is 0 Å². The molecule has 0 atom stereocenters. The van der Waals surface area contributed by atoms with Gasteiger partial charge in [0.05, 0.1) is 5.56 Å². The predicted octanol–water partition coefficient (Wildman–Crippen LogP) is 3.69. The molecule has 0 saturated carbocycles. The van der Waals surface area contributed by atoms with E-state index < -0.39 is 11.7 Å². The number of halogens is 3. The SMILES string of the molecule is Nc1cccc(C#Cc2ccccc2C(F)(F)F)c1. The Kier molecular flexibility index (Phi) is 3.48. The van der Waals surface area contributed by atoms with Crippen molar-refractivity contribution in [3.8, 4) is 11.8 Å². The minimum absolute atomic E-state index is 0.0441. The van der Waals surface area contributed by atoms with Crippen LogP contribution in [-0.4, -0.2) is 0 Å². The number of benzene rings is 2. The highest BCUT2D eigenvalue weighted by Crippen LogP contribution is 2.31. The van der Waals surface area contributed by atoms with Gasteiger partial charge in [0.25, 0.3) is 0 Å². The molecule has 0 amide bonds. The van der Waals surface area contributed by atoms with Crippen LogP contribution in [0.15, 0.2) is 48.5 Å². The van der Waals surface area contributed by atoms with Crippen LogP contribution >= 0.6 is 0 Å². The van der Waals surface area contributed by atoms with Gasteiger partial charge in [-0.25, -0.2) is 0 Å². The van der Waals surface area contributed by atoms with Crippen molar-refractivity contribution in [2.45, 2.75) is 6.18 Å². The van der Waals surface area contributed by atoms with Crippen molar-refractivity contribution in [2.24, 2.45) is 0 Å². The molecule has 19 heavy (non-hydrogen) atoms. The molecule has 2 aromatic rings. The van der Waals surface area contributed by atoms with Crippen molar-refractivity contribution in [2.75, 3.05) is 5.73 Å². The lowest BCUT2D eigenvalue weighted by molar-refractivity contribution is -0.137. The fourth-order valence-corrected chi connectivity index (χ4v) is 1.60. The molecular formula is C15H10F3N. The van der Waals surface area contributed by atoms with Gasteiger partial charge in [-0.15, -0.1) is 0 Å². The minimum Gasteiger partial charge on any atom is -0.399 e. The largest absolute Gasteiger partial charge is 0.417 e. The molecule has 96 valence electrons. The molecule has 2 N–H and O–H groups in total. The third-order valence-corrected chi connectivity index (χ3v) is 2.46. The summed E-state index contributed by atoms with van der Waals surface area (Å²) < 4.78 is 38.3. The third-order valence-electron chi connectivity index (χ3n) is 2.46. The van der Waals surface area contributed by atoms with Crippen LogP contribution in [-0.2, 0) is 6.18 Å². The van der Waals surface area contributed by atoms with E-state index >= 15 is 0 Å². The summed E-state index contributed by atoms with van der Waals surface area (Å²) in [5.74, 6) is 5.22. The van der Waals surface area contributed by atoms with E-state index in [1.54, 1.807) is 24.3 Å². The fraction of sp³-hybridized carbons (Fsp3) is 0.0667. The number of rotatable bonds is 0. The van der Waals surface area contributed by atoms with E-state index in [2.05, 4.69) is 11.8 Å². The molecule has 0 radical (unpaired) electrons. The van der Waals surface area contributed by atoms with E-state index in [1.807, 2.05) is 0 Å². The Bertz CT molecular complexity index is 648. The maximum atomic E-state index is 12.8. The molecule has 2 rings (SSSR count). The summed E-state index contributed by atoms with van der Waals surface area (Å²) in [6.07, 6.45) is -4.40. The van der Waals surface area contributed by atoms with Crippen molar-refractivity contribution >= 4 is 5.69 Å². The predicted molar refractivity (Wildman–Crippen MR) is 68.3 cm³/mol. The van der Waals surface area contributed by atoms with E-state index in [4.69, 9.17) is 5.73 Å². The van der Waals surface area contributed by atoms with Gasteiger partial charge in [-0.2, -0.15) is 13.2 Å². The molecule has 0 saturated heterocycles. The Morgan fingerprint density at radius 3 is 2.32 bits per heavy atom. The van der Waals surface area contributed by atoms with Gasteiger partial charge in [-0.05, 0) is 30.3 Å². The molecule has 0 heterocycles. The van der Waals surface area contributed by atoms with Crippen LogP contribution in [0, 0.1) is 11.8 Å². The maximum absolute atomic E-state index is 12.8. The molecule has 1 nitrogen and oxygen atoms in total. The van der Waals surface area contributed by atoms with Gasteiger partial charge < -0.3 is 5.73 Å². The van der Waals surface area contributed by atoms with Crippen LogP contribution in [0.5, 0.6) is 0 Å². The monoisotopic (exact) mass is 261 g/mol. The van der Waals surface area contributed by atoms with Crippen LogP contribution in [0.3, 0.4) is 0 Å². The first-order chi connectivity index (χ1) is 8.97. The van der Waals surface area contributed by atoms with Crippen molar-refractivity contribution < 1.29 is 13.2 Å². The smallest absolute Gasteiger partial charge is 0.399 e. The Labute approximate surface area is 108 Å². The highest BCUT2D eigenvalue weighted by Gasteiger charge is 2.32. The summed E-state index contributed by atoms with van der Waals surface area (Å²) in [5.41, 5.74) is 5.91. The van der Waals surface area contributed by atoms with Gasteiger partial charge in [0, 0.05) is 16.8 Å². The topological polar surface area (TPSA) is 26.0 Å². The van der Waals surface area contributed by atoms with Gasteiger partial charge in [-0.3, -0.25) is 0 Å². The second-order valence-electron chi connectivity index (χ2n) is 3.92. The first kappa shape index (κ1) is 13.0. The van der Waals surface area contributed by atoms with Crippen LogP contribution in [0.25, 0.3) is 0 Å². The molecular weight excluding hydrogens is 251 g/mol. The second kappa shape index (κ2) is 5.07. The van der Waals surface area contributed by atoms with Crippen LogP contribution < -0.4 is 5.73 Å². The summed E-state index contributed by atoms with van der Waals surface area (Å²) >= 11 is 0. The molecule has 4 heteroatoms. The van der Waals surface area contributed by atoms with Gasteiger partial charge >= 0.3 is 6.18 Å². The number of alkyl halides is 3. The van der Waals surface area contributed by atoms with E-state index in [-0.39, 0.29) is 5.56 Å². The second-order valence-corrected chi connectivity index (χ2v) is 3.92. The summed E-state index contributed by atoms with van der Waals surface area (Å²) in [6, 6.07) is 11.9. The molecule has 0 fully saturated rings. The Morgan fingerprint density at radius 2 is 1.63 bits per heavy atom. The summed E-state index contributed by atoms with van der Waals surface area (Å²) in [7, 11) is 0. The molecule has 0 aliphatic carbocycles. The number of hydrogen-bond acceptors (Lipinski definition) is 1. The lowest BCUT2D eigenvalue weighted by Crippen LogP contribution is -2.07. The lowest BCUT2D eigenvalue weighted by Gasteiger charge is -2.08. The highest BCUT2D eigenvalue weighted by molar-refractivity contribution is 5.51. The summed E-state index contributed by atoms with van der Waals surface area (Å²) in [6.45, 7) is 0. The molecule has 0 spiro atoms. The van der Waals surface area contributed by atoms with Gasteiger partial charge in [0.2, 0.25) is 0 Å². The minimum atomic E-state index is -4.40. The van der Waals surface area contributed by atoms with Crippen LogP contribution in [0.4, 0.5) is 18.9 Å². The van der Waals surface area contributed by atoms with Crippen molar-refractivity contribution in [3.05, 3.63) is 65.2 Å². The average Bonchev–Trinajstić information content (AvgIpc) is 2.36. The Hall–Kier alpha value is -2.41. The van der Waals surface area contributed by atoms with E-state index in [9.17, 15) is 13.2 Å². The van der Waals surface area contributed by atoms with Crippen LogP contribution in [0.1, 0.15) is 16.7 Å². The molecule has 2 aromatic carbocycles. The molecule has 0 bridgehead atoms. The standard InChI is InChI=1S/C15H10F3N/c16-15(17,18)14-7-2-1-5-12(14)9-8-11-4-3-6-13(19)10-11/h1-7,10H,19H2. The van der Waals surface area contributed by atoms with Crippen molar-refractivity contribution in [1.82, 2.24) is 0 Å². The van der Waals surface area contributed by atoms with E-state index in [0.29, 0.717) is 11.3 Å². The van der Waals surface area contributed by atoms with Crippen molar-refractivity contribution in [3.63, 3.8) is 0 Å². The third kappa shape index (κ3) is 3.29. The van der Waals surface area contributed by atoms with E-state index in [0.717, 1.165) is 6.07 Å². The summed E-state index contributed by atoms with van der Waals surface area (Å²) in [4.78, 5) is 0.